The Morgan fingerprint density at radius 1 is 1.31 bits per heavy atom. The second kappa shape index (κ2) is 4.13. The first-order valence-electron chi connectivity index (χ1n) is 5.72. The van der Waals surface area contributed by atoms with Crippen LogP contribution in [-0.4, -0.2) is 10.7 Å². The van der Waals surface area contributed by atoms with Crippen molar-refractivity contribution in [3.05, 3.63) is 35.4 Å². The third-order valence-corrected chi connectivity index (χ3v) is 3.49. The minimum Gasteiger partial charge on any atom is -0.389 e. The number of rotatable bonds is 4. The van der Waals surface area contributed by atoms with Gasteiger partial charge in [0.1, 0.15) is 11.6 Å². The predicted octanol–water partition coefficient (Wildman–Crippen LogP) is 3.06. The summed E-state index contributed by atoms with van der Waals surface area (Å²) in [6, 6.07) is 3.82. The van der Waals surface area contributed by atoms with E-state index in [1.165, 1.54) is 18.2 Å². The van der Waals surface area contributed by atoms with Crippen molar-refractivity contribution in [3.63, 3.8) is 0 Å². The van der Waals surface area contributed by atoms with E-state index in [2.05, 4.69) is 0 Å². The number of aliphatic hydroxyl groups is 1. The van der Waals surface area contributed by atoms with Crippen LogP contribution in [-0.2, 0) is 6.42 Å². The molecule has 0 radical (unpaired) electrons. The summed E-state index contributed by atoms with van der Waals surface area (Å²) in [4.78, 5) is 0. The van der Waals surface area contributed by atoms with Crippen LogP contribution in [0.4, 0.5) is 8.78 Å². The summed E-state index contributed by atoms with van der Waals surface area (Å²) >= 11 is 0. The van der Waals surface area contributed by atoms with Gasteiger partial charge in [0.15, 0.2) is 0 Å². The number of halogens is 2. The zero-order valence-electron chi connectivity index (χ0n) is 9.34. The monoisotopic (exact) mass is 226 g/mol. The maximum atomic E-state index is 13.4. The van der Waals surface area contributed by atoms with Gasteiger partial charge in [0.2, 0.25) is 0 Å². The van der Waals surface area contributed by atoms with Crippen molar-refractivity contribution in [1.82, 2.24) is 0 Å². The van der Waals surface area contributed by atoms with Gasteiger partial charge in [0, 0.05) is 12.0 Å². The second-order valence-electron chi connectivity index (χ2n) is 4.61. The summed E-state index contributed by atoms with van der Waals surface area (Å²) in [5, 5.41) is 10.3. The quantitative estimate of drug-likeness (QED) is 0.836. The van der Waals surface area contributed by atoms with E-state index in [1.807, 2.05) is 6.92 Å². The van der Waals surface area contributed by atoms with Gasteiger partial charge in [-0.25, -0.2) is 8.78 Å². The van der Waals surface area contributed by atoms with Crippen LogP contribution in [0.5, 0.6) is 0 Å². The average molecular weight is 226 g/mol. The second-order valence-corrected chi connectivity index (χ2v) is 4.61. The summed E-state index contributed by atoms with van der Waals surface area (Å²) in [5.41, 5.74) is -0.929. The molecule has 1 aromatic carbocycles. The number of hydrogen-bond donors (Lipinski definition) is 1. The normalized spacial score (nSPS) is 19.5. The molecule has 0 amide bonds. The summed E-state index contributed by atoms with van der Waals surface area (Å²) in [6.45, 7) is 1.86. The summed E-state index contributed by atoms with van der Waals surface area (Å²) in [5.74, 6) is -0.920. The van der Waals surface area contributed by atoms with Crippen LogP contribution < -0.4 is 0 Å². The Morgan fingerprint density at radius 3 is 2.31 bits per heavy atom. The lowest BCUT2D eigenvalue weighted by Crippen LogP contribution is -2.34. The third-order valence-electron chi connectivity index (χ3n) is 3.49. The Morgan fingerprint density at radius 2 is 1.88 bits per heavy atom. The molecule has 1 fully saturated rings. The first-order chi connectivity index (χ1) is 7.57. The van der Waals surface area contributed by atoms with Crippen LogP contribution in [0.3, 0.4) is 0 Å². The molecule has 0 bridgehead atoms. The first kappa shape index (κ1) is 11.5. The molecule has 16 heavy (non-hydrogen) atoms. The highest BCUT2D eigenvalue weighted by atomic mass is 19.1. The lowest BCUT2D eigenvalue weighted by Gasteiger charge is -2.27. The van der Waals surface area contributed by atoms with Crippen molar-refractivity contribution < 1.29 is 13.9 Å². The van der Waals surface area contributed by atoms with Crippen molar-refractivity contribution >= 4 is 0 Å². The van der Waals surface area contributed by atoms with Gasteiger partial charge in [-0.1, -0.05) is 13.0 Å². The molecule has 1 unspecified atom stereocenters. The van der Waals surface area contributed by atoms with Crippen LogP contribution in [0, 0.1) is 17.6 Å². The molecule has 0 aromatic heterocycles. The van der Waals surface area contributed by atoms with E-state index in [1.54, 1.807) is 0 Å². The van der Waals surface area contributed by atoms with E-state index in [-0.39, 0.29) is 17.9 Å². The Hall–Kier alpha value is -0.960. The molecular weight excluding hydrogens is 210 g/mol. The number of hydrogen-bond acceptors (Lipinski definition) is 1. The fourth-order valence-corrected chi connectivity index (χ4v) is 2.19. The molecule has 0 aliphatic heterocycles. The van der Waals surface area contributed by atoms with Crippen molar-refractivity contribution in [2.24, 2.45) is 5.92 Å². The van der Waals surface area contributed by atoms with Gasteiger partial charge in [-0.15, -0.1) is 0 Å². The van der Waals surface area contributed by atoms with Crippen LogP contribution >= 0.6 is 0 Å². The van der Waals surface area contributed by atoms with Crippen molar-refractivity contribution in [2.45, 2.75) is 38.2 Å². The summed E-state index contributed by atoms with van der Waals surface area (Å²) in [7, 11) is 0. The van der Waals surface area contributed by atoms with Crippen molar-refractivity contribution in [1.29, 1.82) is 0 Å². The molecule has 1 saturated carbocycles. The van der Waals surface area contributed by atoms with Gasteiger partial charge in [-0.3, -0.25) is 0 Å². The molecular formula is C13H16F2O. The van der Waals surface area contributed by atoms with Gasteiger partial charge in [-0.05, 0) is 37.3 Å². The molecule has 0 spiro atoms. The zero-order chi connectivity index (χ0) is 11.8. The molecule has 1 atom stereocenters. The Balaban J connectivity index is 2.25. The molecule has 2 rings (SSSR count). The van der Waals surface area contributed by atoms with E-state index in [0.29, 0.717) is 6.42 Å². The molecule has 1 nitrogen and oxygen atoms in total. The van der Waals surface area contributed by atoms with Crippen LogP contribution in [0.15, 0.2) is 18.2 Å². The maximum Gasteiger partial charge on any atom is 0.129 e. The average Bonchev–Trinajstić information content (AvgIpc) is 3.07. The maximum absolute atomic E-state index is 13.4. The highest BCUT2D eigenvalue weighted by Gasteiger charge is 2.43. The van der Waals surface area contributed by atoms with E-state index in [0.717, 1.165) is 12.8 Å². The SMILES string of the molecule is CCC(O)(Cc1c(F)cccc1F)C1CC1. The highest BCUT2D eigenvalue weighted by Crippen LogP contribution is 2.43. The summed E-state index contributed by atoms with van der Waals surface area (Å²) in [6.07, 6.45) is 2.53. The van der Waals surface area contributed by atoms with Gasteiger partial charge < -0.3 is 5.11 Å². The topological polar surface area (TPSA) is 20.2 Å². The van der Waals surface area contributed by atoms with Crippen molar-refractivity contribution in [3.8, 4) is 0 Å². The van der Waals surface area contributed by atoms with E-state index in [9.17, 15) is 13.9 Å². The fraction of sp³-hybridized carbons (Fsp3) is 0.538. The minimum absolute atomic E-state index is 0.0127. The van der Waals surface area contributed by atoms with Gasteiger partial charge >= 0.3 is 0 Å². The van der Waals surface area contributed by atoms with Crippen LogP contribution in [0.2, 0.25) is 0 Å². The molecule has 1 aliphatic rings. The zero-order valence-corrected chi connectivity index (χ0v) is 9.34. The van der Waals surface area contributed by atoms with Gasteiger partial charge in [0.25, 0.3) is 0 Å². The Labute approximate surface area is 94.1 Å². The molecule has 0 saturated heterocycles. The largest absolute Gasteiger partial charge is 0.389 e. The van der Waals surface area contributed by atoms with E-state index >= 15 is 0 Å². The van der Waals surface area contributed by atoms with Crippen LogP contribution in [0.1, 0.15) is 31.7 Å². The summed E-state index contributed by atoms with van der Waals surface area (Å²) < 4.78 is 26.9. The van der Waals surface area contributed by atoms with E-state index < -0.39 is 17.2 Å². The third kappa shape index (κ3) is 2.09. The van der Waals surface area contributed by atoms with E-state index in [4.69, 9.17) is 0 Å². The first-order valence-corrected chi connectivity index (χ1v) is 5.72. The fourth-order valence-electron chi connectivity index (χ4n) is 2.19. The predicted molar refractivity (Wildman–Crippen MR) is 58.0 cm³/mol. The molecule has 88 valence electrons. The van der Waals surface area contributed by atoms with Crippen LogP contribution in [0.25, 0.3) is 0 Å². The molecule has 1 N–H and O–H groups in total. The highest BCUT2D eigenvalue weighted by molar-refractivity contribution is 5.22. The Kier molecular flexibility index (Phi) is 2.98. The standard InChI is InChI=1S/C13H16F2O/c1-2-13(16,9-6-7-9)8-10-11(14)4-3-5-12(10)15/h3-5,9,16H,2,6-8H2,1H3. The van der Waals surface area contributed by atoms with Gasteiger partial charge in [0.05, 0.1) is 5.60 Å². The van der Waals surface area contributed by atoms with Crippen molar-refractivity contribution in [2.75, 3.05) is 0 Å². The molecule has 3 heteroatoms. The molecule has 1 aliphatic carbocycles. The lowest BCUT2D eigenvalue weighted by molar-refractivity contribution is 0.0123. The lowest BCUT2D eigenvalue weighted by atomic mass is 9.87. The number of benzene rings is 1. The smallest absolute Gasteiger partial charge is 0.129 e. The molecule has 0 heterocycles. The Bertz CT molecular complexity index is 367. The minimum atomic E-state index is -0.941. The molecule has 1 aromatic rings. The van der Waals surface area contributed by atoms with Gasteiger partial charge in [-0.2, -0.15) is 0 Å².